The van der Waals surface area contributed by atoms with Gasteiger partial charge in [-0.25, -0.2) is 9.18 Å². The Morgan fingerprint density at radius 1 is 1.21 bits per heavy atom. The van der Waals surface area contributed by atoms with Gasteiger partial charge in [-0.3, -0.25) is 0 Å². The van der Waals surface area contributed by atoms with Gasteiger partial charge in [0.05, 0.1) is 3.57 Å². The van der Waals surface area contributed by atoms with Gasteiger partial charge in [0.15, 0.2) is 0 Å². The highest BCUT2D eigenvalue weighted by atomic mass is 127. The minimum Gasteiger partial charge on any atom is -0.488 e. The fourth-order valence-electron chi connectivity index (χ4n) is 1.83. The van der Waals surface area contributed by atoms with E-state index in [2.05, 4.69) is 29.2 Å². The number of rotatable bonds is 7. The van der Waals surface area contributed by atoms with Crippen molar-refractivity contribution < 1.29 is 18.7 Å². The normalized spacial score (nSPS) is 10.6. The summed E-state index contributed by atoms with van der Waals surface area (Å²) in [5.74, 6) is 0.0453. The molecular weight excluding hydrogens is 422 g/mol. The van der Waals surface area contributed by atoms with Crippen LogP contribution in [0.3, 0.4) is 0 Å². The first-order valence-electron chi connectivity index (χ1n) is 7.21. The first kappa shape index (κ1) is 18.2. The van der Waals surface area contributed by atoms with Crippen LogP contribution >= 0.6 is 22.6 Å². The smallest absolute Gasteiger partial charge is 0.331 e. The number of ether oxygens (including phenoxy) is 2. The second-order valence-electron chi connectivity index (χ2n) is 4.86. The van der Waals surface area contributed by atoms with Gasteiger partial charge in [-0.05, 0) is 64.1 Å². The fraction of sp³-hybridized carbons (Fsp3) is 0.105. The maximum atomic E-state index is 12.9. The lowest BCUT2D eigenvalue weighted by atomic mass is 10.2. The standard InChI is InChI=1S/C19H16FIO3/c1-2-11-23-19(22)10-6-14-5-9-18(17(21)12-14)24-13-15-3-7-16(20)8-4-15/h2-10,12H,1,11,13H2/b10-6+. The van der Waals surface area contributed by atoms with E-state index in [1.54, 1.807) is 18.2 Å². The van der Waals surface area contributed by atoms with Gasteiger partial charge in [0.25, 0.3) is 0 Å². The van der Waals surface area contributed by atoms with Crippen LogP contribution in [0.2, 0.25) is 0 Å². The van der Waals surface area contributed by atoms with E-state index in [9.17, 15) is 9.18 Å². The van der Waals surface area contributed by atoms with Crippen molar-refractivity contribution in [2.75, 3.05) is 6.61 Å². The summed E-state index contributed by atoms with van der Waals surface area (Å²) in [7, 11) is 0. The molecule has 0 fully saturated rings. The van der Waals surface area contributed by atoms with E-state index >= 15 is 0 Å². The fourth-order valence-corrected chi connectivity index (χ4v) is 2.53. The van der Waals surface area contributed by atoms with Gasteiger partial charge in [-0.2, -0.15) is 0 Å². The highest BCUT2D eigenvalue weighted by molar-refractivity contribution is 14.1. The van der Waals surface area contributed by atoms with Crippen LogP contribution in [0, 0.1) is 9.39 Å². The molecule has 0 saturated carbocycles. The minimum atomic E-state index is -0.415. The number of hydrogen-bond acceptors (Lipinski definition) is 3. The van der Waals surface area contributed by atoms with Crippen LogP contribution in [-0.2, 0) is 16.1 Å². The molecule has 0 aromatic heterocycles. The number of halogens is 2. The molecule has 0 bridgehead atoms. The molecule has 0 atom stereocenters. The van der Waals surface area contributed by atoms with Gasteiger partial charge in [0.1, 0.15) is 24.8 Å². The molecule has 3 nitrogen and oxygen atoms in total. The van der Waals surface area contributed by atoms with Crippen molar-refractivity contribution in [1.29, 1.82) is 0 Å². The summed E-state index contributed by atoms with van der Waals surface area (Å²) in [6, 6.07) is 11.8. The van der Waals surface area contributed by atoms with Crippen molar-refractivity contribution in [3.63, 3.8) is 0 Å². The molecule has 0 aliphatic heterocycles. The monoisotopic (exact) mass is 438 g/mol. The summed E-state index contributed by atoms with van der Waals surface area (Å²) in [5.41, 5.74) is 1.75. The van der Waals surface area contributed by atoms with Crippen LogP contribution in [0.5, 0.6) is 5.75 Å². The van der Waals surface area contributed by atoms with Gasteiger partial charge in [-0.15, -0.1) is 0 Å². The van der Waals surface area contributed by atoms with Gasteiger partial charge < -0.3 is 9.47 Å². The largest absolute Gasteiger partial charge is 0.488 e. The SMILES string of the molecule is C=CCOC(=O)/C=C/c1ccc(OCc2ccc(F)cc2)c(I)c1. The third-order valence-corrected chi connectivity index (χ3v) is 3.86. The highest BCUT2D eigenvalue weighted by Crippen LogP contribution is 2.23. The predicted molar refractivity (Wildman–Crippen MR) is 100 cm³/mol. The second kappa shape index (κ2) is 9.22. The Hall–Kier alpha value is -2.15. The van der Waals surface area contributed by atoms with Gasteiger partial charge in [0.2, 0.25) is 0 Å². The summed E-state index contributed by atoms with van der Waals surface area (Å²) in [5, 5.41) is 0. The Bertz CT molecular complexity index is 739. The number of hydrogen-bond donors (Lipinski definition) is 0. The molecular formula is C19H16FIO3. The maximum Gasteiger partial charge on any atom is 0.331 e. The molecule has 0 amide bonds. The zero-order chi connectivity index (χ0) is 17.4. The summed E-state index contributed by atoms with van der Waals surface area (Å²) in [6.07, 6.45) is 4.56. The Balaban J connectivity index is 1.96. The van der Waals surface area contributed by atoms with E-state index in [0.717, 1.165) is 20.4 Å². The molecule has 0 heterocycles. The Morgan fingerprint density at radius 2 is 1.96 bits per heavy atom. The molecule has 0 radical (unpaired) electrons. The van der Waals surface area contributed by atoms with E-state index in [0.29, 0.717) is 6.61 Å². The van der Waals surface area contributed by atoms with E-state index in [4.69, 9.17) is 9.47 Å². The summed E-state index contributed by atoms with van der Waals surface area (Å²) >= 11 is 2.17. The van der Waals surface area contributed by atoms with E-state index < -0.39 is 5.97 Å². The van der Waals surface area contributed by atoms with Gasteiger partial charge >= 0.3 is 5.97 Å². The van der Waals surface area contributed by atoms with Crippen LogP contribution in [0.4, 0.5) is 4.39 Å². The lowest BCUT2D eigenvalue weighted by Crippen LogP contribution is -1.99. The van der Waals surface area contributed by atoms with Crippen LogP contribution in [0.1, 0.15) is 11.1 Å². The van der Waals surface area contributed by atoms with E-state index in [-0.39, 0.29) is 12.4 Å². The zero-order valence-electron chi connectivity index (χ0n) is 12.9. The Labute approximate surface area is 153 Å². The molecule has 0 aliphatic rings. The van der Waals surface area contributed by atoms with Crippen molar-refractivity contribution in [2.24, 2.45) is 0 Å². The first-order valence-corrected chi connectivity index (χ1v) is 8.29. The predicted octanol–water partition coefficient (Wildman–Crippen LogP) is 4.75. The van der Waals surface area contributed by atoms with Gasteiger partial charge in [-0.1, -0.05) is 30.9 Å². The van der Waals surface area contributed by atoms with Crippen molar-refractivity contribution in [3.8, 4) is 5.75 Å². The van der Waals surface area contributed by atoms with Gasteiger partial charge in [0, 0.05) is 6.08 Å². The third kappa shape index (κ3) is 5.81. The molecule has 5 heteroatoms. The molecule has 124 valence electrons. The Morgan fingerprint density at radius 3 is 2.62 bits per heavy atom. The summed E-state index contributed by atoms with van der Waals surface area (Å²) in [6.45, 7) is 4.03. The first-order chi connectivity index (χ1) is 11.6. The molecule has 2 aromatic carbocycles. The number of benzene rings is 2. The van der Waals surface area contributed by atoms with E-state index in [1.807, 2.05) is 18.2 Å². The Kier molecular flexibility index (Phi) is 6.99. The maximum absolute atomic E-state index is 12.9. The molecule has 2 rings (SSSR count). The van der Waals surface area contributed by atoms with Crippen LogP contribution < -0.4 is 4.74 Å². The molecule has 0 unspecified atom stereocenters. The van der Waals surface area contributed by atoms with Crippen LogP contribution in [0.15, 0.2) is 61.2 Å². The number of esters is 1. The quantitative estimate of drug-likeness (QED) is 0.271. The lowest BCUT2D eigenvalue weighted by molar-refractivity contribution is -0.136. The van der Waals surface area contributed by atoms with Crippen molar-refractivity contribution in [2.45, 2.75) is 6.61 Å². The van der Waals surface area contributed by atoms with Crippen molar-refractivity contribution in [1.82, 2.24) is 0 Å². The third-order valence-electron chi connectivity index (χ3n) is 3.02. The van der Waals surface area contributed by atoms with E-state index in [1.165, 1.54) is 24.3 Å². The summed E-state index contributed by atoms with van der Waals surface area (Å²) in [4.78, 5) is 11.4. The number of carbonyl (C=O) groups is 1. The molecule has 0 N–H and O–H groups in total. The molecule has 24 heavy (non-hydrogen) atoms. The summed E-state index contributed by atoms with van der Waals surface area (Å²) < 4.78 is 24.4. The zero-order valence-corrected chi connectivity index (χ0v) is 15.0. The van der Waals surface area contributed by atoms with Crippen molar-refractivity contribution in [3.05, 3.63) is 81.7 Å². The van der Waals surface area contributed by atoms with Crippen LogP contribution in [-0.4, -0.2) is 12.6 Å². The topological polar surface area (TPSA) is 35.5 Å². The molecule has 0 saturated heterocycles. The molecule has 2 aromatic rings. The highest BCUT2D eigenvalue weighted by Gasteiger charge is 2.03. The van der Waals surface area contributed by atoms with Crippen molar-refractivity contribution >= 4 is 34.6 Å². The minimum absolute atomic E-state index is 0.191. The second-order valence-corrected chi connectivity index (χ2v) is 6.02. The average molecular weight is 438 g/mol. The molecule has 0 aliphatic carbocycles. The number of carbonyl (C=O) groups excluding carboxylic acids is 1. The molecule has 0 spiro atoms. The van der Waals surface area contributed by atoms with Crippen LogP contribution in [0.25, 0.3) is 6.08 Å². The lowest BCUT2D eigenvalue weighted by Gasteiger charge is -2.09. The average Bonchev–Trinajstić information content (AvgIpc) is 2.58.